The second-order valence-corrected chi connectivity index (χ2v) is 4.93. The van der Waals surface area contributed by atoms with Crippen LogP contribution in [0.15, 0.2) is 24.3 Å². The summed E-state index contributed by atoms with van der Waals surface area (Å²) in [4.78, 5) is 25.0. The molecule has 1 aromatic rings. The van der Waals surface area contributed by atoms with Gasteiger partial charge in [-0.1, -0.05) is 29.8 Å². The minimum Gasteiger partial charge on any atom is -0.367 e. The standard InChI is InChI=1S/C14H19N3O3/c1-9-2-4-10(5-3-9)12(15)14(19)17-6-7-20-11(8-17)13(16)18/h2-5,11-12H,6-8,15H2,1H3,(H2,16,18). The Morgan fingerprint density at radius 3 is 2.60 bits per heavy atom. The largest absolute Gasteiger partial charge is 0.367 e. The number of benzene rings is 1. The first-order valence-electron chi connectivity index (χ1n) is 6.51. The van der Waals surface area contributed by atoms with E-state index in [9.17, 15) is 9.59 Å². The van der Waals surface area contributed by atoms with Crippen molar-refractivity contribution in [1.29, 1.82) is 0 Å². The molecule has 1 aliphatic heterocycles. The Kier molecular flexibility index (Phi) is 4.36. The minimum absolute atomic E-state index is 0.160. The van der Waals surface area contributed by atoms with Crippen molar-refractivity contribution in [2.45, 2.75) is 19.1 Å². The van der Waals surface area contributed by atoms with Gasteiger partial charge in [0.15, 0.2) is 6.10 Å². The summed E-state index contributed by atoms with van der Waals surface area (Å²) in [7, 11) is 0. The predicted octanol–water partition coefficient (Wildman–Crippen LogP) is -0.292. The molecule has 0 spiro atoms. The number of rotatable bonds is 3. The molecule has 1 aromatic carbocycles. The number of aryl methyl sites for hydroxylation is 1. The normalized spacial score (nSPS) is 20.5. The number of carbonyl (C=O) groups is 2. The van der Waals surface area contributed by atoms with E-state index < -0.39 is 18.1 Å². The molecule has 6 heteroatoms. The van der Waals surface area contributed by atoms with Crippen LogP contribution in [0.2, 0.25) is 0 Å². The molecule has 2 unspecified atom stereocenters. The molecule has 20 heavy (non-hydrogen) atoms. The second-order valence-electron chi connectivity index (χ2n) is 4.93. The third-order valence-electron chi connectivity index (χ3n) is 3.40. The Labute approximate surface area is 117 Å². The molecule has 1 heterocycles. The lowest BCUT2D eigenvalue weighted by atomic mass is 10.0. The third kappa shape index (κ3) is 3.15. The number of carbonyl (C=O) groups excluding carboxylic acids is 2. The SMILES string of the molecule is Cc1ccc(C(N)C(=O)N2CCOC(C(N)=O)C2)cc1. The monoisotopic (exact) mass is 277 g/mol. The van der Waals surface area contributed by atoms with Crippen molar-refractivity contribution in [3.63, 3.8) is 0 Å². The van der Waals surface area contributed by atoms with Crippen LogP contribution in [0.1, 0.15) is 17.2 Å². The van der Waals surface area contributed by atoms with E-state index in [1.54, 1.807) is 0 Å². The van der Waals surface area contributed by atoms with Gasteiger partial charge in [0.1, 0.15) is 6.04 Å². The highest BCUT2D eigenvalue weighted by Gasteiger charge is 2.30. The van der Waals surface area contributed by atoms with E-state index in [0.717, 1.165) is 11.1 Å². The van der Waals surface area contributed by atoms with E-state index >= 15 is 0 Å². The molecule has 6 nitrogen and oxygen atoms in total. The van der Waals surface area contributed by atoms with Crippen molar-refractivity contribution < 1.29 is 14.3 Å². The van der Waals surface area contributed by atoms with Crippen LogP contribution in [-0.4, -0.2) is 42.5 Å². The predicted molar refractivity (Wildman–Crippen MR) is 73.6 cm³/mol. The molecule has 2 atom stereocenters. The molecular formula is C14H19N3O3. The average Bonchev–Trinajstić information content (AvgIpc) is 2.46. The van der Waals surface area contributed by atoms with Crippen LogP contribution in [0.5, 0.6) is 0 Å². The minimum atomic E-state index is -0.752. The van der Waals surface area contributed by atoms with Crippen LogP contribution in [0.25, 0.3) is 0 Å². The topological polar surface area (TPSA) is 98.7 Å². The Bertz CT molecular complexity index is 501. The molecule has 0 aliphatic carbocycles. The third-order valence-corrected chi connectivity index (χ3v) is 3.40. The molecule has 2 amide bonds. The summed E-state index contributed by atoms with van der Waals surface area (Å²) in [5.74, 6) is -0.783. The van der Waals surface area contributed by atoms with E-state index in [4.69, 9.17) is 16.2 Å². The van der Waals surface area contributed by atoms with Crippen LogP contribution < -0.4 is 11.5 Å². The molecule has 108 valence electrons. The number of hydrogen-bond acceptors (Lipinski definition) is 4. The molecule has 1 aliphatic rings. The quantitative estimate of drug-likeness (QED) is 0.793. The zero-order valence-corrected chi connectivity index (χ0v) is 11.4. The van der Waals surface area contributed by atoms with Gasteiger partial charge in [0.2, 0.25) is 11.8 Å². The number of morpholine rings is 1. The van der Waals surface area contributed by atoms with Gasteiger partial charge in [-0.05, 0) is 12.5 Å². The maximum atomic E-state index is 12.3. The zero-order chi connectivity index (χ0) is 14.7. The Balaban J connectivity index is 2.06. The molecule has 0 bridgehead atoms. The van der Waals surface area contributed by atoms with E-state index in [0.29, 0.717) is 13.2 Å². The van der Waals surface area contributed by atoms with Gasteiger partial charge in [0, 0.05) is 6.54 Å². The highest BCUT2D eigenvalue weighted by molar-refractivity contribution is 5.85. The first kappa shape index (κ1) is 14.5. The van der Waals surface area contributed by atoms with Crippen molar-refractivity contribution in [2.75, 3.05) is 19.7 Å². The molecule has 0 radical (unpaired) electrons. The lowest BCUT2D eigenvalue weighted by Gasteiger charge is -2.33. The van der Waals surface area contributed by atoms with Crippen molar-refractivity contribution in [3.8, 4) is 0 Å². The van der Waals surface area contributed by atoms with E-state index in [1.807, 2.05) is 31.2 Å². The Morgan fingerprint density at radius 2 is 2.00 bits per heavy atom. The van der Waals surface area contributed by atoms with Crippen molar-refractivity contribution in [2.24, 2.45) is 11.5 Å². The van der Waals surface area contributed by atoms with Gasteiger partial charge in [-0.15, -0.1) is 0 Å². The summed E-state index contributed by atoms with van der Waals surface area (Å²) in [5.41, 5.74) is 13.1. The van der Waals surface area contributed by atoms with E-state index in [1.165, 1.54) is 4.90 Å². The van der Waals surface area contributed by atoms with Gasteiger partial charge < -0.3 is 21.1 Å². The number of nitrogens with zero attached hydrogens (tertiary/aromatic N) is 1. The van der Waals surface area contributed by atoms with Crippen LogP contribution in [-0.2, 0) is 14.3 Å². The smallest absolute Gasteiger partial charge is 0.248 e. The van der Waals surface area contributed by atoms with Crippen LogP contribution in [0.4, 0.5) is 0 Å². The van der Waals surface area contributed by atoms with Crippen molar-refractivity contribution in [3.05, 3.63) is 35.4 Å². The number of nitrogens with two attached hydrogens (primary N) is 2. The molecule has 0 saturated carbocycles. The number of primary amides is 1. The maximum absolute atomic E-state index is 12.3. The highest BCUT2D eigenvalue weighted by atomic mass is 16.5. The number of ether oxygens (including phenoxy) is 1. The lowest BCUT2D eigenvalue weighted by Crippen LogP contribution is -2.52. The average molecular weight is 277 g/mol. The van der Waals surface area contributed by atoms with Crippen LogP contribution >= 0.6 is 0 Å². The summed E-state index contributed by atoms with van der Waals surface area (Å²) in [5, 5.41) is 0. The molecule has 2 rings (SSSR count). The van der Waals surface area contributed by atoms with E-state index in [-0.39, 0.29) is 12.5 Å². The van der Waals surface area contributed by atoms with Gasteiger partial charge >= 0.3 is 0 Å². The van der Waals surface area contributed by atoms with Gasteiger partial charge in [-0.3, -0.25) is 9.59 Å². The van der Waals surface area contributed by atoms with Gasteiger partial charge in [0.05, 0.1) is 13.2 Å². The van der Waals surface area contributed by atoms with E-state index in [2.05, 4.69) is 0 Å². The van der Waals surface area contributed by atoms with Crippen molar-refractivity contribution in [1.82, 2.24) is 4.90 Å². The summed E-state index contributed by atoms with van der Waals surface area (Å²) in [6.07, 6.45) is -0.752. The zero-order valence-electron chi connectivity index (χ0n) is 11.4. The summed E-state index contributed by atoms with van der Waals surface area (Å²) in [6.45, 7) is 2.84. The summed E-state index contributed by atoms with van der Waals surface area (Å²) < 4.78 is 5.21. The molecular weight excluding hydrogens is 258 g/mol. The fraction of sp³-hybridized carbons (Fsp3) is 0.429. The van der Waals surface area contributed by atoms with Gasteiger partial charge in [0.25, 0.3) is 0 Å². The Hall–Kier alpha value is -1.92. The van der Waals surface area contributed by atoms with Gasteiger partial charge in [-0.25, -0.2) is 0 Å². The summed E-state index contributed by atoms with van der Waals surface area (Å²) in [6, 6.07) is 6.76. The molecule has 1 saturated heterocycles. The summed E-state index contributed by atoms with van der Waals surface area (Å²) >= 11 is 0. The van der Waals surface area contributed by atoms with Gasteiger partial charge in [-0.2, -0.15) is 0 Å². The lowest BCUT2D eigenvalue weighted by molar-refractivity contribution is -0.146. The Morgan fingerprint density at radius 1 is 1.35 bits per heavy atom. The first-order chi connectivity index (χ1) is 9.49. The molecule has 1 fully saturated rings. The fourth-order valence-electron chi connectivity index (χ4n) is 2.13. The maximum Gasteiger partial charge on any atom is 0.248 e. The number of amides is 2. The molecule has 4 N–H and O–H groups in total. The van der Waals surface area contributed by atoms with Crippen LogP contribution in [0, 0.1) is 6.92 Å². The highest BCUT2D eigenvalue weighted by Crippen LogP contribution is 2.16. The molecule has 0 aromatic heterocycles. The van der Waals surface area contributed by atoms with Crippen LogP contribution in [0.3, 0.4) is 0 Å². The van der Waals surface area contributed by atoms with Crippen molar-refractivity contribution >= 4 is 11.8 Å². The second kappa shape index (κ2) is 6.02. The fourth-order valence-corrected chi connectivity index (χ4v) is 2.13. The first-order valence-corrected chi connectivity index (χ1v) is 6.51. The number of hydrogen-bond donors (Lipinski definition) is 2.